The van der Waals surface area contributed by atoms with Gasteiger partial charge in [0.2, 0.25) is 0 Å². The van der Waals surface area contributed by atoms with Gasteiger partial charge in [0.05, 0.1) is 30.8 Å². The molecule has 0 bridgehead atoms. The fourth-order valence-electron chi connectivity index (χ4n) is 1.82. The number of aliphatic hydroxyl groups excluding tert-OH is 1. The lowest BCUT2D eigenvalue weighted by Gasteiger charge is -2.06. The highest BCUT2D eigenvalue weighted by atomic mass is 32.2. The van der Waals surface area contributed by atoms with Crippen molar-refractivity contribution in [3.8, 4) is 5.75 Å². The number of rotatable bonds is 3. The molecule has 18 heavy (non-hydrogen) atoms. The molecule has 5 nitrogen and oxygen atoms in total. The van der Waals surface area contributed by atoms with Gasteiger partial charge in [-0.05, 0) is 29.8 Å². The predicted molar refractivity (Wildman–Crippen MR) is 69.0 cm³/mol. The van der Waals surface area contributed by atoms with Crippen molar-refractivity contribution in [1.82, 2.24) is 0 Å². The summed E-state index contributed by atoms with van der Waals surface area (Å²) in [5.74, 6) is 0.467. The molecule has 0 amide bonds. The zero-order valence-corrected chi connectivity index (χ0v) is 10.8. The summed E-state index contributed by atoms with van der Waals surface area (Å²) in [4.78, 5) is 4.13. The van der Waals surface area contributed by atoms with Crippen LogP contribution in [0.1, 0.15) is 5.56 Å². The van der Waals surface area contributed by atoms with Crippen LogP contribution >= 0.6 is 0 Å². The molecule has 1 aromatic rings. The summed E-state index contributed by atoms with van der Waals surface area (Å²) in [6.07, 6.45) is 0.679. The van der Waals surface area contributed by atoms with Crippen LogP contribution in [0.5, 0.6) is 5.75 Å². The molecule has 1 heterocycles. The minimum absolute atomic E-state index is 0.0825. The monoisotopic (exact) mass is 269 g/mol. The maximum absolute atomic E-state index is 11.3. The fraction of sp³-hybridized carbons (Fsp3) is 0.417. The lowest BCUT2D eigenvalue weighted by atomic mass is 10.2. The van der Waals surface area contributed by atoms with Crippen molar-refractivity contribution in [3.63, 3.8) is 0 Å². The maximum Gasteiger partial charge on any atom is 0.155 e. The van der Waals surface area contributed by atoms with Crippen LogP contribution in [-0.4, -0.2) is 50.5 Å². The number of hydrogen-bond acceptors (Lipinski definition) is 5. The highest BCUT2D eigenvalue weighted by Crippen LogP contribution is 2.16. The Bertz CT molecular complexity index is 536. The van der Waals surface area contributed by atoms with E-state index in [0.29, 0.717) is 0 Å². The Morgan fingerprint density at radius 1 is 1.33 bits per heavy atom. The van der Waals surface area contributed by atoms with Crippen LogP contribution in [-0.2, 0) is 9.84 Å². The third-order valence-corrected chi connectivity index (χ3v) is 4.52. The standard InChI is InChI=1S/C12H15NO4S/c1-17-10-4-2-9(3-5-10)6-13-11-7-18(15,16)8-12(11)14/h2-6,11-12,14H,7-8H2,1H3/t11-,12+/m1/s1. The van der Waals surface area contributed by atoms with Gasteiger partial charge < -0.3 is 9.84 Å². The summed E-state index contributed by atoms with van der Waals surface area (Å²) in [6, 6.07) is 6.67. The maximum atomic E-state index is 11.3. The Morgan fingerprint density at radius 3 is 2.50 bits per heavy atom. The van der Waals surface area contributed by atoms with Crippen molar-refractivity contribution in [2.24, 2.45) is 4.99 Å². The number of aliphatic hydroxyl groups is 1. The molecule has 2 atom stereocenters. The van der Waals surface area contributed by atoms with Gasteiger partial charge in [0.1, 0.15) is 5.75 Å². The van der Waals surface area contributed by atoms with Crippen molar-refractivity contribution in [2.75, 3.05) is 18.6 Å². The topological polar surface area (TPSA) is 76.0 Å². The fourth-order valence-corrected chi connectivity index (χ4v) is 3.53. The second-order valence-electron chi connectivity index (χ2n) is 4.26. The number of hydrogen-bond donors (Lipinski definition) is 1. The quantitative estimate of drug-likeness (QED) is 0.799. The summed E-state index contributed by atoms with van der Waals surface area (Å²) in [7, 11) is -1.56. The molecule has 2 rings (SSSR count). The summed E-state index contributed by atoms with van der Waals surface area (Å²) >= 11 is 0. The first-order valence-corrected chi connectivity index (χ1v) is 7.38. The van der Waals surface area contributed by atoms with Gasteiger partial charge >= 0.3 is 0 Å². The average Bonchev–Trinajstić information content (AvgIpc) is 2.60. The first kappa shape index (κ1) is 13.0. The summed E-state index contributed by atoms with van der Waals surface area (Å²) in [6.45, 7) is 0. The number of sulfone groups is 1. The van der Waals surface area contributed by atoms with E-state index in [1.807, 2.05) is 12.1 Å². The number of ether oxygens (including phenoxy) is 1. The van der Waals surface area contributed by atoms with Crippen LogP contribution in [0.15, 0.2) is 29.3 Å². The molecule has 0 aromatic heterocycles. The molecule has 0 unspecified atom stereocenters. The molecule has 0 saturated carbocycles. The van der Waals surface area contributed by atoms with Crippen molar-refractivity contribution in [3.05, 3.63) is 29.8 Å². The van der Waals surface area contributed by atoms with Gasteiger partial charge in [-0.25, -0.2) is 8.42 Å². The number of aliphatic imine (C=N–C) groups is 1. The first-order valence-electron chi connectivity index (χ1n) is 5.56. The van der Waals surface area contributed by atoms with Gasteiger partial charge in [-0.3, -0.25) is 4.99 Å². The van der Waals surface area contributed by atoms with E-state index in [4.69, 9.17) is 4.74 Å². The molecular weight excluding hydrogens is 254 g/mol. The first-order chi connectivity index (χ1) is 8.50. The Hall–Kier alpha value is -1.40. The van der Waals surface area contributed by atoms with E-state index in [1.165, 1.54) is 0 Å². The van der Waals surface area contributed by atoms with Crippen LogP contribution in [0.3, 0.4) is 0 Å². The van der Waals surface area contributed by atoms with Crippen LogP contribution in [0.2, 0.25) is 0 Å². The SMILES string of the molecule is COc1ccc(C=N[C@@H]2CS(=O)(=O)C[C@@H]2O)cc1. The van der Waals surface area contributed by atoms with Gasteiger partial charge in [0, 0.05) is 6.21 Å². The van der Waals surface area contributed by atoms with E-state index in [-0.39, 0.29) is 11.5 Å². The Morgan fingerprint density at radius 2 is 2.00 bits per heavy atom. The highest BCUT2D eigenvalue weighted by molar-refractivity contribution is 7.91. The molecule has 98 valence electrons. The Kier molecular flexibility index (Phi) is 3.68. The Balaban J connectivity index is 2.06. The number of nitrogens with zero attached hydrogens (tertiary/aromatic N) is 1. The predicted octanol–water partition coefficient (Wildman–Crippen LogP) is 0.272. The van der Waals surface area contributed by atoms with E-state index in [2.05, 4.69) is 4.99 Å². The third-order valence-electron chi connectivity index (χ3n) is 2.82. The normalized spacial score (nSPS) is 26.6. The average molecular weight is 269 g/mol. The van der Waals surface area contributed by atoms with Crippen molar-refractivity contribution < 1.29 is 18.3 Å². The van der Waals surface area contributed by atoms with Crippen molar-refractivity contribution in [1.29, 1.82) is 0 Å². The molecule has 1 aliphatic heterocycles. The second-order valence-corrected chi connectivity index (χ2v) is 6.42. The zero-order chi connectivity index (χ0) is 13.2. The van der Waals surface area contributed by atoms with E-state index >= 15 is 0 Å². The summed E-state index contributed by atoms with van der Waals surface area (Å²) in [5, 5.41) is 9.57. The van der Waals surface area contributed by atoms with Gasteiger partial charge in [-0.1, -0.05) is 0 Å². The molecule has 0 spiro atoms. The number of methoxy groups -OCH3 is 1. The van der Waals surface area contributed by atoms with Crippen LogP contribution in [0.4, 0.5) is 0 Å². The van der Waals surface area contributed by atoms with E-state index in [0.717, 1.165) is 11.3 Å². The molecule has 1 N–H and O–H groups in total. The largest absolute Gasteiger partial charge is 0.497 e. The minimum Gasteiger partial charge on any atom is -0.497 e. The van der Waals surface area contributed by atoms with Gasteiger partial charge in [-0.15, -0.1) is 0 Å². The minimum atomic E-state index is -3.14. The molecule has 1 aliphatic rings. The zero-order valence-electron chi connectivity index (χ0n) is 9.98. The lowest BCUT2D eigenvalue weighted by Crippen LogP contribution is -2.21. The van der Waals surface area contributed by atoms with E-state index < -0.39 is 22.0 Å². The molecular formula is C12H15NO4S. The highest BCUT2D eigenvalue weighted by Gasteiger charge is 2.35. The Labute approximate surface area is 106 Å². The van der Waals surface area contributed by atoms with Gasteiger partial charge in [0.25, 0.3) is 0 Å². The molecule has 6 heteroatoms. The summed E-state index contributed by atoms with van der Waals surface area (Å²) in [5.41, 5.74) is 0.840. The molecule has 1 fully saturated rings. The number of benzene rings is 1. The van der Waals surface area contributed by atoms with Gasteiger partial charge in [-0.2, -0.15) is 0 Å². The van der Waals surface area contributed by atoms with Crippen LogP contribution < -0.4 is 4.74 Å². The second kappa shape index (κ2) is 5.07. The van der Waals surface area contributed by atoms with E-state index in [1.54, 1.807) is 25.5 Å². The third kappa shape index (κ3) is 3.08. The lowest BCUT2D eigenvalue weighted by molar-refractivity contribution is 0.184. The molecule has 1 saturated heterocycles. The smallest absolute Gasteiger partial charge is 0.155 e. The van der Waals surface area contributed by atoms with Gasteiger partial charge in [0.15, 0.2) is 9.84 Å². The van der Waals surface area contributed by atoms with Crippen molar-refractivity contribution >= 4 is 16.1 Å². The molecule has 1 aromatic carbocycles. The van der Waals surface area contributed by atoms with Crippen molar-refractivity contribution in [2.45, 2.75) is 12.1 Å². The van der Waals surface area contributed by atoms with E-state index in [9.17, 15) is 13.5 Å². The molecule has 0 aliphatic carbocycles. The summed E-state index contributed by atoms with van der Waals surface area (Å²) < 4.78 is 27.6. The van der Waals surface area contributed by atoms with Crippen LogP contribution in [0.25, 0.3) is 0 Å². The molecule has 0 radical (unpaired) electrons. The van der Waals surface area contributed by atoms with Crippen LogP contribution in [0, 0.1) is 0 Å².